The van der Waals surface area contributed by atoms with E-state index in [1.807, 2.05) is 0 Å². The summed E-state index contributed by atoms with van der Waals surface area (Å²) in [5.41, 5.74) is 2.19. The molecule has 1 aromatic carbocycles. The van der Waals surface area contributed by atoms with Crippen LogP contribution >= 0.6 is 0 Å². The number of nitrogens with zero attached hydrogens (tertiary/aromatic N) is 1. The lowest BCUT2D eigenvalue weighted by Crippen LogP contribution is -2.33. The first-order valence-corrected chi connectivity index (χ1v) is 8.24. The van der Waals surface area contributed by atoms with Gasteiger partial charge in [-0.2, -0.15) is 0 Å². The second kappa shape index (κ2) is 5.61. The van der Waals surface area contributed by atoms with Gasteiger partial charge in [0.05, 0.1) is 18.8 Å². The number of carbonyl (C=O) groups excluding carboxylic acids is 2. The van der Waals surface area contributed by atoms with Crippen LogP contribution in [0.25, 0.3) is 5.57 Å². The molecule has 1 N–H and O–H groups in total. The maximum atomic E-state index is 14.5. The minimum Gasteiger partial charge on any atom is -0.442 e. The number of fused-ring (bicyclic) bond motifs is 1. The first-order valence-electron chi connectivity index (χ1n) is 8.24. The molecule has 3 aliphatic rings. The summed E-state index contributed by atoms with van der Waals surface area (Å²) in [5.74, 6) is 0.866. The SMILES string of the molecule is CC(=O)NCC1CN(c2ccc(C3=CC4CC4C3)c(F)c2)C(=O)O1. The Labute approximate surface area is 139 Å². The number of benzene rings is 1. The number of halogens is 1. The number of rotatable bonds is 4. The number of allylic oxidation sites excluding steroid dienone is 2. The van der Waals surface area contributed by atoms with Crippen molar-refractivity contribution >= 4 is 23.3 Å². The summed E-state index contributed by atoms with van der Waals surface area (Å²) >= 11 is 0. The van der Waals surface area contributed by atoms with Gasteiger partial charge in [-0.3, -0.25) is 9.69 Å². The van der Waals surface area contributed by atoms with Gasteiger partial charge in [-0.15, -0.1) is 0 Å². The predicted octanol–water partition coefficient (Wildman–Crippen LogP) is 2.71. The van der Waals surface area contributed by atoms with Crippen LogP contribution in [-0.2, 0) is 9.53 Å². The number of anilines is 1. The zero-order chi connectivity index (χ0) is 16.8. The van der Waals surface area contributed by atoms with Crippen molar-refractivity contribution < 1.29 is 18.7 Å². The van der Waals surface area contributed by atoms with Crippen molar-refractivity contribution in [2.45, 2.75) is 25.9 Å². The summed E-state index contributed by atoms with van der Waals surface area (Å²) in [7, 11) is 0. The fourth-order valence-electron chi connectivity index (χ4n) is 3.55. The maximum Gasteiger partial charge on any atom is 0.414 e. The number of carbonyl (C=O) groups is 2. The van der Waals surface area contributed by atoms with E-state index in [4.69, 9.17) is 4.74 Å². The maximum absolute atomic E-state index is 14.5. The first kappa shape index (κ1) is 15.2. The monoisotopic (exact) mass is 330 g/mol. The minimum absolute atomic E-state index is 0.178. The van der Waals surface area contributed by atoms with Crippen molar-refractivity contribution in [3.63, 3.8) is 0 Å². The molecule has 3 unspecified atom stereocenters. The van der Waals surface area contributed by atoms with Crippen LogP contribution in [-0.4, -0.2) is 31.2 Å². The fraction of sp³-hybridized carbons (Fsp3) is 0.444. The summed E-state index contributed by atoms with van der Waals surface area (Å²) in [6, 6.07) is 4.89. The van der Waals surface area contributed by atoms with Gasteiger partial charge >= 0.3 is 6.09 Å². The van der Waals surface area contributed by atoms with E-state index < -0.39 is 12.2 Å². The Balaban J connectivity index is 1.48. The van der Waals surface area contributed by atoms with E-state index in [1.54, 1.807) is 12.1 Å². The average molecular weight is 330 g/mol. The summed E-state index contributed by atoms with van der Waals surface area (Å²) in [4.78, 5) is 24.3. The van der Waals surface area contributed by atoms with E-state index in [9.17, 15) is 14.0 Å². The molecule has 2 amide bonds. The van der Waals surface area contributed by atoms with Crippen LogP contribution in [0.5, 0.6) is 0 Å². The quantitative estimate of drug-likeness (QED) is 0.923. The molecule has 0 spiro atoms. The highest BCUT2D eigenvalue weighted by atomic mass is 19.1. The molecule has 1 heterocycles. The molecule has 2 fully saturated rings. The van der Waals surface area contributed by atoms with Crippen molar-refractivity contribution in [3.05, 3.63) is 35.7 Å². The Morgan fingerprint density at radius 1 is 1.46 bits per heavy atom. The molecule has 3 atom stereocenters. The normalized spacial score (nSPS) is 27.6. The summed E-state index contributed by atoms with van der Waals surface area (Å²) in [6.45, 7) is 1.96. The molecular weight excluding hydrogens is 311 g/mol. The van der Waals surface area contributed by atoms with Gasteiger partial charge < -0.3 is 10.1 Å². The van der Waals surface area contributed by atoms with Gasteiger partial charge in [-0.25, -0.2) is 9.18 Å². The van der Waals surface area contributed by atoms with E-state index in [1.165, 1.54) is 24.3 Å². The topological polar surface area (TPSA) is 58.6 Å². The van der Waals surface area contributed by atoms with E-state index >= 15 is 0 Å². The van der Waals surface area contributed by atoms with Gasteiger partial charge in [0.25, 0.3) is 0 Å². The highest BCUT2D eigenvalue weighted by Crippen LogP contribution is 2.53. The second-order valence-corrected chi connectivity index (χ2v) is 6.77. The molecule has 6 heteroatoms. The number of nitrogens with one attached hydrogen (secondary N) is 1. The van der Waals surface area contributed by atoms with Crippen LogP contribution in [0.1, 0.15) is 25.3 Å². The Bertz CT molecular complexity index is 746. The molecule has 1 saturated carbocycles. The zero-order valence-corrected chi connectivity index (χ0v) is 13.4. The standard InChI is InChI=1S/C18H19FN2O3/c1-10(22)20-8-15-9-21(18(23)24-15)14-2-3-16(17(19)7-14)13-5-11-4-12(11)6-13/h2-3,5,7,11-12,15H,4,6,8-9H2,1H3,(H,20,22). The second-order valence-electron chi connectivity index (χ2n) is 6.77. The number of ether oxygens (including phenoxy) is 1. The smallest absolute Gasteiger partial charge is 0.414 e. The van der Waals surface area contributed by atoms with Crippen molar-refractivity contribution in [2.75, 3.05) is 18.0 Å². The molecule has 24 heavy (non-hydrogen) atoms. The third-order valence-electron chi connectivity index (χ3n) is 4.94. The number of hydrogen-bond donors (Lipinski definition) is 1. The van der Waals surface area contributed by atoms with Crippen LogP contribution in [0.4, 0.5) is 14.9 Å². The molecule has 0 radical (unpaired) electrons. The summed E-state index contributed by atoms with van der Waals surface area (Å²) in [5, 5.41) is 2.62. The molecule has 0 aromatic heterocycles. The van der Waals surface area contributed by atoms with E-state index in [0.717, 1.165) is 12.0 Å². The highest BCUT2D eigenvalue weighted by Gasteiger charge is 2.41. The molecule has 1 saturated heterocycles. The number of amides is 2. The predicted molar refractivity (Wildman–Crippen MR) is 86.9 cm³/mol. The molecule has 0 bridgehead atoms. The number of hydrogen-bond acceptors (Lipinski definition) is 3. The molecule has 5 nitrogen and oxygen atoms in total. The lowest BCUT2D eigenvalue weighted by Gasteiger charge is -2.15. The Morgan fingerprint density at radius 3 is 2.96 bits per heavy atom. The van der Waals surface area contributed by atoms with Crippen molar-refractivity contribution in [3.8, 4) is 0 Å². The van der Waals surface area contributed by atoms with Crippen molar-refractivity contribution in [1.29, 1.82) is 0 Å². The third-order valence-corrected chi connectivity index (χ3v) is 4.94. The zero-order valence-electron chi connectivity index (χ0n) is 13.4. The largest absolute Gasteiger partial charge is 0.442 e. The van der Waals surface area contributed by atoms with Crippen LogP contribution in [0.3, 0.4) is 0 Å². The minimum atomic E-state index is -0.515. The van der Waals surface area contributed by atoms with E-state index in [-0.39, 0.29) is 18.3 Å². The average Bonchev–Trinajstić information content (AvgIpc) is 2.97. The molecule has 126 valence electrons. The van der Waals surface area contributed by atoms with Gasteiger partial charge in [0.1, 0.15) is 11.9 Å². The number of cyclic esters (lactones) is 1. The molecule has 4 rings (SSSR count). The van der Waals surface area contributed by atoms with Gasteiger partial charge in [0.2, 0.25) is 5.91 Å². The van der Waals surface area contributed by atoms with Gasteiger partial charge in [-0.1, -0.05) is 6.08 Å². The van der Waals surface area contributed by atoms with Crippen LogP contribution in [0, 0.1) is 17.7 Å². The van der Waals surface area contributed by atoms with Crippen LogP contribution < -0.4 is 10.2 Å². The highest BCUT2D eigenvalue weighted by molar-refractivity contribution is 5.90. The lowest BCUT2D eigenvalue weighted by molar-refractivity contribution is -0.119. The molecule has 1 aliphatic heterocycles. The van der Waals surface area contributed by atoms with Crippen LogP contribution in [0.2, 0.25) is 0 Å². The lowest BCUT2D eigenvalue weighted by atomic mass is 10.0. The van der Waals surface area contributed by atoms with Crippen LogP contribution in [0.15, 0.2) is 24.3 Å². The fourth-order valence-corrected chi connectivity index (χ4v) is 3.55. The van der Waals surface area contributed by atoms with Gasteiger partial charge in [0, 0.05) is 12.5 Å². The third kappa shape index (κ3) is 2.77. The van der Waals surface area contributed by atoms with Gasteiger partial charge in [-0.05, 0) is 48.4 Å². The van der Waals surface area contributed by atoms with Crippen molar-refractivity contribution in [1.82, 2.24) is 5.32 Å². The Morgan fingerprint density at radius 2 is 2.29 bits per heavy atom. The van der Waals surface area contributed by atoms with Crippen molar-refractivity contribution in [2.24, 2.45) is 11.8 Å². The van der Waals surface area contributed by atoms with E-state index in [0.29, 0.717) is 29.6 Å². The van der Waals surface area contributed by atoms with E-state index in [2.05, 4.69) is 11.4 Å². The Hall–Kier alpha value is -2.37. The molecule has 2 aliphatic carbocycles. The first-order chi connectivity index (χ1) is 11.5. The molecular formula is C18H19FN2O3. The summed E-state index contributed by atoms with van der Waals surface area (Å²) < 4.78 is 19.7. The van der Waals surface area contributed by atoms with Gasteiger partial charge in [0.15, 0.2) is 0 Å². The molecule has 1 aromatic rings. The summed E-state index contributed by atoms with van der Waals surface area (Å²) in [6.07, 6.45) is 3.42. The Kier molecular flexibility index (Phi) is 3.55.